The summed E-state index contributed by atoms with van der Waals surface area (Å²) >= 11 is 0. The van der Waals surface area contributed by atoms with Gasteiger partial charge >= 0.3 is 0 Å². The predicted molar refractivity (Wildman–Crippen MR) is 87.6 cm³/mol. The van der Waals surface area contributed by atoms with Gasteiger partial charge in [-0.15, -0.1) is 0 Å². The Morgan fingerprint density at radius 2 is 2.00 bits per heavy atom. The average molecular weight is 281 g/mol. The highest BCUT2D eigenvalue weighted by atomic mass is 16.5. The Hall–Kier alpha value is -1.80. The van der Waals surface area contributed by atoms with Crippen LogP contribution in [0.4, 0.5) is 0 Å². The first-order chi connectivity index (χ1) is 10.3. The third-order valence-corrected chi connectivity index (χ3v) is 3.80. The quantitative estimate of drug-likeness (QED) is 0.851. The highest BCUT2D eigenvalue weighted by Gasteiger charge is 2.23. The third-order valence-electron chi connectivity index (χ3n) is 3.80. The van der Waals surface area contributed by atoms with Gasteiger partial charge in [0.05, 0.1) is 6.10 Å². The molecule has 0 unspecified atom stereocenters. The van der Waals surface area contributed by atoms with E-state index in [1.807, 2.05) is 0 Å². The fourth-order valence-electron chi connectivity index (χ4n) is 2.49. The van der Waals surface area contributed by atoms with Gasteiger partial charge in [-0.05, 0) is 55.1 Å². The van der Waals surface area contributed by atoms with E-state index in [-0.39, 0.29) is 0 Å². The number of ether oxygens (including phenoxy) is 1. The second kappa shape index (κ2) is 6.31. The molecular weight excluding hydrogens is 258 g/mol. The molecule has 3 rings (SSSR count). The summed E-state index contributed by atoms with van der Waals surface area (Å²) in [5.74, 6) is 0.992. The number of hydrogen-bond acceptors (Lipinski definition) is 2. The zero-order chi connectivity index (χ0) is 14.7. The van der Waals surface area contributed by atoms with Crippen LogP contribution in [0, 0.1) is 6.92 Å². The molecule has 1 aliphatic rings. The summed E-state index contributed by atoms with van der Waals surface area (Å²) in [7, 11) is 0. The van der Waals surface area contributed by atoms with Crippen molar-refractivity contribution in [3.8, 4) is 16.9 Å². The van der Waals surface area contributed by atoms with Gasteiger partial charge in [-0.3, -0.25) is 0 Å². The second-order valence-electron chi connectivity index (χ2n) is 5.79. The highest BCUT2D eigenvalue weighted by molar-refractivity contribution is 5.69. The molecule has 1 saturated carbocycles. The maximum atomic E-state index is 5.92. The van der Waals surface area contributed by atoms with Crippen LogP contribution in [0.5, 0.6) is 5.75 Å². The highest BCUT2D eigenvalue weighted by Crippen LogP contribution is 2.31. The Labute approximate surface area is 127 Å². The van der Waals surface area contributed by atoms with Crippen LogP contribution in [0.1, 0.15) is 30.9 Å². The lowest BCUT2D eigenvalue weighted by Gasteiger charge is -2.13. The van der Waals surface area contributed by atoms with Crippen molar-refractivity contribution in [2.24, 2.45) is 0 Å². The van der Waals surface area contributed by atoms with Gasteiger partial charge in [0, 0.05) is 6.54 Å². The molecule has 0 heterocycles. The van der Waals surface area contributed by atoms with Gasteiger partial charge in [-0.1, -0.05) is 42.8 Å². The van der Waals surface area contributed by atoms with Crippen molar-refractivity contribution in [1.82, 2.24) is 5.32 Å². The molecule has 0 bridgehead atoms. The summed E-state index contributed by atoms with van der Waals surface area (Å²) in [5.41, 5.74) is 5.17. The molecule has 0 aromatic heterocycles. The minimum Gasteiger partial charge on any atom is -0.490 e. The van der Waals surface area contributed by atoms with Crippen LogP contribution in [-0.2, 0) is 6.54 Å². The normalized spacial score (nSPS) is 14.2. The molecule has 0 atom stereocenters. The van der Waals surface area contributed by atoms with Crippen LogP contribution in [0.25, 0.3) is 11.1 Å². The standard InChI is InChI=1S/C19H23NO/c1-3-20-13-16-8-7-14(2)11-19(16)15-5-4-6-18(12-15)21-17-9-10-17/h4-8,11-12,17,20H,3,9-10,13H2,1-2H3. The largest absolute Gasteiger partial charge is 0.490 e. The number of benzene rings is 2. The van der Waals surface area contributed by atoms with Crippen LogP contribution in [0.3, 0.4) is 0 Å². The van der Waals surface area contributed by atoms with Crippen molar-refractivity contribution in [3.63, 3.8) is 0 Å². The Kier molecular flexibility index (Phi) is 4.26. The Morgan fingerprint density at radius 3 is 2.76 bits per heavy atom. The van der Waals surface area contributed by atoms with E-state index in [4.69, 9.17) is 4.74 Å². The third kappa shape index (κ3) is 3.64. The van der Waals surface area contributed by atoms with Crippen molar-refractivity contribution < 1.29 is 4.74 Å². The van der Waals surface area contributed by atoms with Crippen LogP contribution < -0.4 is 10.1 Å². The molecule has 1 aliphatic carbocycles. The van der Waals surface area contributed by atoms with E-state index in [0.717, 1.165) is 18.8 Å². The van der Waals surface area contributed by atoms with Gasteiger partial charge in [0.2, 0.25) is 0 Å². The molecule has 0 aliphatic heterocycles. The minimum atomic E-state index is 0.444. The number of nitrogens with one attached hydrogen (secondary N) is 1. The Morgan fingerprint density at radius 1 is 1.14 bits per heavy atom. The van der Waals surface area contributed by atoms with E-state index in [0.29, 0.717) is 6.10 Å². The predicted octanol–water partition coefficient (Wildman–Crippen LogP) is 4.31. The lowest BCUT2D eigenvalue weighted by atomic mass is 9.97. The van der Waals surface area contributed by atoms with Crippen LogP contribution >= 0.6 is 0 Å². The summed E-state index contributed by atoms with van der Waals surface area (Å²) in [6, 6.07) is 15.2. The van der Waals surface area contributed by atoms with Crippen molar-refractivity contribution >= 4 is 0 Å². The van der Waals surface area contributed by atoms with Crippen LogP contribution in [0.15, 0.2) is 42.5 Å². The summed E-state index contributed by atoms with van der Waals surface area (Å²) < 4.78 is 5.92. The fourth-order valence-corrected chi connectivity index (χ4v) is 2.49. The zero-order valence-electron chi connectivity index (χ0n) is 12.9. The minimum absolute atomic E-state index is 0.444. The number of hydrogen-bond donors (Lipinski definition) is 1. The monoisotopic (exact) mass is 281 g/mol. The van der Waals surface area contributed by atoms with Crippen molar-refractivity contribution in [3.05, 3.63) is 53.6 Å². The van der Waals surface area contributed by atoms with Crippen molar-refractivity contribution in [2.45, 2.75) is 39.3 Å². The van der Waals surface area contributed by atoms with Crippen LogP contribution in [-0.4, -0.2) is 12.6 Å². The lowest BCUT2D eigenvalue weighted by Crippen LogP contribution is -2.12. The first-order valence-corrected chi connectivity index (χ1v) is 7.83. The molecule has 2 heteroatoms. The Balaban J connectivity index is 1.92. The maximum absolute atomic E-state index is 5.92. The smallest absolute Gasteiger partial charge is 0.120 e. The van der Waals surface area contributed by atoms with Crippen molar-refractivity contribution in [1.29, 1.82) is 0 Å². The van der Waals surface area contributed by atoms with E-state index < -0.39 is 0 Å². The Bertz CT molecular complexity index is 617. The summed E-state index contributed by atoms with van der Waals surface area (Å²) in [5, 5.41) is 3.42. The first-order valence-electron chi connectivity index (χ1n) is 7.83. The van der Waals surface area contributed by atoms with E-state index in [1.54, 1.807) is 0 Å². The topological polar surface area (TPSA) is 21.3 Å². The maximum Gasteiger partial charge on any atom is 0.120 e. The summed E-state index contributed by atoms with van der Waals surface area (Å²) in [4.78, 5) is 0. The molecule has 0 amide bonds. The van der Waals surface area contributed by atoms with E-state index in [2.05, 4.69) is 61.6 Å². The molecular formula is C19H23NO. The molecule has 1 N–H and O–H groups in total. The summed E-state index contributed by atoms with van der Waals surface area (Å²) in [6.45, 7) is 6.17. The first kappa shape index (κ1) is 14.2. The van der Waals surface area contributed by atoms with Gasteiger partial charge < -0.3 is 10.1 Å². The molecule has 0 radical (unpaired) electrons. The van der Waals surface area contributed by atoms with Gasteiger partial charge in [0.1, 0.15) is 5.75 Å². The van der Waals surface area contributed by atoms with E-state index >= 15 is 0 Å². The van der Waals surface area contributed by atoms with E-state index in [9.17, 15) is 0 Å². The summed E-state index contributed by atoms with van der Waals surface area (Å²) in [6.07, 6.45) is 2.83. The van der Waals surface area contributed by atoms with Gasteiger partial charge in [-0.2, -0.15) is 0 Å². The van der Waals surface area contributed by atoms with E-state index in [1.165, 1.54) is 35.1 Å². The molecule has 0 saturated heterocycles. The van der Waals surface area contributed by atoms with Gasteiger partial charge in [0.15, 0.2) is 0 Å². The van der Waals surface area contributed by atoms with Crippen LogP contribution in [0.2, 0.25) is 0 Å². The second-order valence-corrected chi connectivity index (χ2v) is 5.79. The molecule has 2 aromatic carbocycles. The fraction of sp³-hybridized carbons (Fsp3) is 0.368. The zero-order valence-corrected chi connectivity index (χ0v) is 12.9. The van der Waals surface area contributed by atoms with Crippen molar-refractivity contribution in [2.75, 3.05) is 6.54 Å². The van der Waals surface area contributed by atoms with Gasteiger partial charge in [0.25, 0.3) is 0 Å². The SMILES string of the molecule is CCNCc1ccc(C)cc1-c1cccc(OC2CC2)c1. The molecule has 1 fully saturated rings. The lowest BCUT2D eigenvalue weighted by molar-refractivity contribution is 0.303. The molecule has 2 aromatic rings. The molecule has 2 nitrogen and oxygen atoms in total. The average Bonchev–Trinajstić information content (AvgIpc) is 3.30. The van der Waals surface area contributed by atoms with Gasteiger partial charge in [-0.25, -0.2) is 0 Å². The number of aryl methyl sites for hydroxylation is 1. The number of rotatable bonds is 6. The molecule has 21 heavy (non-hydrogen) atoms. The molecule has 0 spiro atoms. The molecule has 110 valence electrons.